The van der Waals surface area contributed by atoms with Gasteiger partial charge in [-0.3, -0.25) is 4.90 Å². The summed E-state index contributed by atoms with van der Waals surface area (Å²) in [5.74, 6) is 0. The Morgan fingerprint density at radius 2 is 1.36 bits per heavy atom. The molecule has 0 saturated heterocycles. The molecule has 0 aromatic heterocycles. The number of rotatable bonds is 1. The molecular weight excluding hydrogens is 268 g/mol. The van der Waals surface area contributed by atoms with E-state index in [2.05, 4.69) is 34.5 Å². The first-order valence-electron chi connectivity index (χ1n) is 9.71. The average molecular weight is 305 g/mol. The highest BCUT2D eigenvalue weighted by Crippen LogP contribution is 2.19. The molecule has 22 heavy (non-hydrogen) atoms. The third-order valence-electron chi connectivity index (χ3n) is 5.02. The van der Waals surface area contributed by atoms with Crippen LogP contribution in [0.4, 0.5) is 0 Å². The fourth-order valence-electron chi connectivity index (χ4n) is 3.64. The van der Waals surface area contributed by atoms with Crippen LogP contribution in [0.5, 0.6) is 0 Å². The third kappa shape index (κ3) is 7.60. The predicted octanol–water partition coefficient (Wildman–Crippen LogP) is 5.02. The van der Waals surface area contributed by atoms with E-state index in [1.807, 2.05) is 0 Å². The Morgan fingerprint density at radius 1 is 0.682 bits per heavy atom. The molecule has 1 unspecified atom stereocenters. The molecule has 1 aliphatic heterocycles. The smallest absolute Gasteiger partial charge is 0.0483 e. The van der Waals surface area contributed by atoms with E-state index in [0.29, 0.717) is 0 Å². The summed E-state index contributed by atoms with van der Waals surface area (Å²) in [5, 5.41) is 3.68. The number of nitrogens with one attached hydrogen (secondary N) is 1. The van der Waals surface area contributed by atoms with Crippen LogP contribution in [0.25, 0.3) is 0 Å². The van der Waals surface area contributed by atoms with Crippen molar-refractivity contribution < 1.29 is 0 Å². The summed E-state index contributed by atoms with van der Waals surface area (Å²) < 4.78 is 0. The van der Waals surface area contributed by atoms with Crippen LogP contribution in [0.1, 0.15) is 77.0 Å². The van der Waals surface area contributed by atoms with Crippen molar-refractivity contribution in [2.24, 2.45) is 0 Å². The lowest BCUT2D eigenvalue weighted by Crippen LogP contribution is -2.42. The molecule has 1 N–H and O–H groups in total. The molecule has 0 amide bonds. The van der Waals surface area contributed by atoms with Crippen LogP contribution in [-0.4, -0.2) is 30.7 Å². The standard InChI is InChI=1S/C20H36N2/c1-2-4-8-12-16-20(15-11-7-3-1)22-18-14-10-6-5-9-13-17-21-19-22/h1,3,5-6,20-21H,2,4,7-19H2/b3-1-,6-5-. The van der Waals surface area contributed by atoms with Gasteiger partial charge in [0.15, 0.2) is 0 Å². The molecule has 2 aliphatic rings. The molecule has 1 aliphatic carbocycles. The number of nitrogens with zero attached hydrogens (tertiary/aromatic N) is 1. The fraction of sp³-hybridized carbons (Fsp3) is 0.800. The van der Waals surface area contributed by atoms with Crippen LogP contribution in [0.2, 0.25) is 0 Å². The Bertz CT molecular complexity index is 290. The van der Waals surface area contributed by atoms with Crippen molar-refractivity contribution in [3.8, 4) is 0 Å². The zero-order valence-corrected chi connectivity index (χ0v) is 14.4. The van der Waals surface area contributed by atoms with E-state index in [1.54, 1.807) is 0 Å². The SMILES string of the molecule is C1=C\CCCC(N2CCC/C=C\CCCNC2)CCCCC/1. The minimum absolute atomic E-state index is 0.795. The monoisotopic (exact) mass is 304 g/mol. The van der Waals surface area contributed by atoms with E-state index < -0.39 is 0 Å². The van der Waals surface area contributed by atoms with Crippen LogP contribution < -0.4 is 5.32 Å². The molecule has 1 atom stereocenters. The number of hydrogen-bond acceptors (Lipinski definition) is 2. The molecule has 2 nitrogen and oxygen atoms in total. The Kier molecular flexibility index (Phi) is 9.60. The maximum absolute atomic E-state index is 3.68. The largest absolute Gasteiger partial charge is 0.304 e. The van der Waals surface area contributed by atoms with E-state index in [0.717, 1.165) is 19.3 Å². The summed E-state index contributed by atoms with van der Waals surface area (Å²) in [6, 6.07) is 0.795. The molecule has 2 rings (SSSR count). The minimum atomic E-state index is 0.795. The van der Waals surface area contributed by atoms with Crippen molar-refractivity contribution in [3.05, 3.63) is 24.3 Å². The lowest BCUT2D eigenvalue weighted by atomic mass is 10.0. The Labute approximate surface area is 138 Å². The number of allylic oxidation sites excluding steroid dienone is 4. The van der Waals surface area contributed by atoms with Crippen LogP contribution in [0.15, 0.2) is 24.3 Å². The molecule has 0 aromatic carbocycles. The average Bonchev–Trinajstić information content (AvgIpc) is 2.64. The van der Waals surface area contributed by atoms with Crippen LogP contribution >= 0.6 is 0 Å². The van der Waals surface area contributed by atoms with Crippen molar-refractivity contribution in [1.82, 2.24) is 10.2 Å². The third-order valence-corrected chi connectivity index (χ3v) is 5.02. The van der Waals surface area contributed by atoms with Crippen molar-refractivity contribution in [3.63, 3.8) is 0 Å². The second-order valence-corrected chi connectivity index (χ2v) is 6.92. The van der Waals surface area contributed by atoms with Gasteiger partial charge >= 0.3 is 0 Å². The molecule has 0 aromatic rings. The van der Waals surface area contributed by atoms with E-state index in [4.69, 9.17) is 0 Å². The zero-order valence-electron chi connectivity index (χ0n) is 14.4. The fourth-order valence-corrected chi connectivity index (χ4v) is 3.64. The van der Waals surface area contributed by atoms with E-state index >= 15 is 0 Å². The first-order valence-corrected chi connectivity index (χ1v) is 9.71. The molecule has 2 heteroatoms. The van der Waals surface area contributed by atoms with E-state index in [9.17, 15) is 0 Å². The second-order valence-electron chi connectivity index (χ2n) is 6.92. The van der Waals surface area contributed by atoms with E-state index in [1.165, 1.54) is 83.6 Å². The van der Waals surface area contributed by atoms with Crippen molar-refractivity contribution >= 4 is 0 Å². The van der Waals surface area contributed by atoms with Crippen molar-refractivity contribution in [2.45, 2.75) is 83.1 Å². The van der Waals surface area contributed by atoms with Gasteiger partial charge in [-0.15, -0.1) is 0 Å². The summed E-state index contributed by atoms with van der Waals surface area (Å²) in [5.41, 5.74) is 0. The van der Waals surface area contributed by atoms with Gasteiger partial charge in [-0.2, -0.15) is 0 Å². The van der Waals surface area contributed by atoms with Gasteiger partial charge in [0.1, 0.15) is 0 Å². The van der Waals surface area contributed by atoms with Gasteiger partial charge in [-0.1, -0.05) is 37.1 Å². The van der Waals surface area contributed by atoms with Crippen molar-refractivity contribution in [2.75, 3.05) is 19.8 Å². The highest BCUT2D eigenvalue weighted by Gasteiger charge is 2.17. The van der Waals surface area contributed by atoms with Gasteiger partial charge < -0.3 is 5.32 Å². The second kappa shape index (κ2) is 11.9. The first-order chi connectivity index (χ1) is 11.0. The molecule has 0 saturated carbocycles. The highest BCUT2D eigenvalue weighted by molar-refractivity contribution is 4.85. The predicted molar refractivity (Wildman–Crippen MR) is 97.0 cm³/mol. The van der Waals surface area contributed by atoms with Gasteiger partial charge in [0.2, 0.25) is 0 Å². The highest BCUT2D eigenvalue weighted by atomic mass is 15.2. The normalized spacial score (nSPS) is 30.6. The number of hydrogen-bond donors (Lipinski definition) is 1. The topological polar surface area (TPSA) is 15.3 Å². The van der Waals surface area contributed by atoms with Crippen LogP contribution in [0.3, 0.4) is 0 Å². The summed E-state index contributed by atoms with van der Waals surface area (Å²) >= 11 is 0. The lowest BCUT2D eigenvalue weighted by Gasteiger charge is -2.32. The molecular formula is C20H36N2. The summed E-state index contributed by atoms with van der Waals surface area (Å²) in [7, 11) is 0. The van der Waals surface area contributed by atoms with Gasteiger partial charge in [0.25, 0.3) is 0 Å². The summed E-state index contributed by atoms with van der Waals surface area (Å²) in [4.78, 5) is 2.75. The molecule has 1 heterocycles. The maximum Gasteiger partial charge on any atom is 0.0483 e. The molecule has 0 spiro atoms. The first kappa shape index (κ1) is 17.7. The zero-order chi connectivity index (χ0) is 15.3. The van der Waals surface area contributed by atoms with Crippen molar-refractivity contribution in [1.29, 1.82) is 0 Å². The van der Waals surface area contributed by atoms with Gasteiger partial charge in [-0.25, -0.2) is 0 Å². The molecule has 0 radical (unpaired) electrons. The Hall–Kier alpha value is -0.600. The van der Waals surface area contributed by atoms with E-state index in [-0.39, 0.29) is 0 Å². The summed E-state index contributed by atoms with van der Waals surface area (Å²) in [6.07, 6.45) is 25.6. The Morgan fingerprint density at radius 3 is 2.23 bits per heavy atom. The molecule has 126 valence electrons. The van der Waals surface area contributed by atoms with Crippen LogP contribution in [-0.2, 0) is 0 Å². The maximum atomic E-state index is 3.68. The summed E-state index contributed by atoms with van der Waals surface area (Å²) in [6.45, 7) is 3.52. The van der Waals surface area contributed by atoms with Gasteiger partial charge in [0, 0.05) is 12.7 Å². The van der Waals surface area contributed by atoms with Gasteiger partial charge in [0.05, 0.1) is 0 Å². The van der Waals surface area contributed by atoms with Gasteiger partial charge in [-0.05, 0) is 77.3 Å². The van der Waals surface area contributed by atoms with Crippen LogP contribution in [0, 0.1) is 0 Å². The molecule has 0 fully saturated rings. The minimum Gasteiger partial charge on any atom is -0.304 e. The lowest BCUT2D eigenvalue weighted by molar-refractivity contribution is 0.157. The Balaban J connectivity index is 1.87. The molecule has 0 bridgehead atoms. The quantitative estimate of drug-likeness (QED) is 0.684.